The number of likely N-dealkylation sites (tertiary alicyclic amines) is 1. The largest absolute Gasteiger partial charge is 0.390 e. The van der Waals surface area contributed by atoms with E-state index in [9.17, 15) is 13.9 Å². The molecule has 2 saturated heterocycles. The Balaban J connectivity index is 1.62. The highest BCUT2D eigenvalue weighted by molar-refractivity contribution is 5.18. The van der Waals surface area contributed by atoms with Crippen molar-refractivity contribution in [3.05, 3.63) is 35.4 Å². The second-order valence-electron chi connectivity index (χ2n) is 6.08. The average Bonchev–Trinajstić information content (AvgIpc) is 2.48. The smallest absolute Gasteiger partial charge is 0.127 e. The van der Waals surface area contributed by atoms with E-state index in [1.807, 2.05) is 0 Å². The minimum Gasteiger partial charge on any atom is -0.390 e. The molecule has 1 atom stereocenters. The Bertz CT molecular complexity index is 501. The standard InChI is InChI=1S/C16H21F2NO2/c17-13-3-4-14(18)12(10-13)11-19-7-5-16(6-8-19)15(20)2-1-9-21-16/h3-4,10,15,20H,1-2,5-9,11H2/t15-/m0/s1. The van der Waals surface area contributed by atoms with Crippen LogP contribution in [0.5, 0.6) is 0 Å². The van der Waals surface area contributed by atoms with E-state index >= 15 is 0 Å². The first kappa shape index (κ1) is 14.9. The Labute approximate surface area is 123 Å². The topological polar surface area (TPSA) is 32.7 Å². The summed E-state index contributed by atoms with van der Waals surface area (Å²) in [5.41, 5.74) is -0.0362. The minimum atomic E-state index is -0.421. The van der Waals surface area contributed by atoms with Gasteiger partial charge in [-0.3, -0.25) is 4.90 Å². The molecule has 21 heavy (non-hydrogen) atoms. The molecule has 1 aromatic carbocycles. The molecule has 3 nitrogen and oxygen atoms in total. The molecular formula is C16H21F2NO2. The van der Waals surface area contributed by atoms with E-state index in [-0.39, 0.29) is 5.82 Å². The molecule has 0 radical (unpaired) electrons. The van der Waals surface area contributed by atoms with Crippen molar-refractivity contribution in [2.75, 3.05) is 19.7 Å². The number of rotatable bonds is 2. The van der Waals surface area contributed by atoms with E-state index in [2.05, 4.69) is 4.90 Å². The number of piperidine rings is 1. The third-order valence-corrected chi connectivity index (χ3v) is 4.72. The molecule has 0 unspecified atom stereocenters. The number of hydrogen-bond donors (Lipinski definition) is 1. The number of aliphatic hydroxyl groups is 1. The van der Waals surface area contributed by atoms with Crippen LogP contribution in [0.2, 0.25) is 0 Å². The van der Waals surface area contributed by atoms with Crippen molar-refractivity contribution < 1.29 is 18.6 Å². The molecular weight excluding hydrogens is 276 g/mol. The van der Waals surface area contributed by atoms with Crippen LogP contribution in [0.15, 0.2) is 18.2 Å². The third kappa shape index (κ3) is 3.10. The average molecular weight is 297 g/mol. The van der Waals surface area contributed by atoms with E-state index < -0.39 is 17.5 Å². The predicted molar refractivity (Wildman–Crippen MR) is 74.8 cm³/mol. The van der Waals surface area contributed by atoms with Gasteiger partial charge in [0.2, 0.25) is 0 Å². The molecule has 0 aliphatic carbocycles. The van der Waals surface area contributed by atoms with E-state index in [4.69, 9.17) is 4.74 Å². The lowest BCUT2D eigenvalue weighted by atomic mass is 9.82. The summed E-state index contributed by atoms with van der Waals surface area (Å²) >= 11 is 0. The molecule has 2 aliphatic heterocycles. The molecule has 116 valence electrons. The predicted octanol–water partition coefficient (Wildman–Crippen LogP) is 2.47. The van der Waals surface area contributed by atoms with Gasteiger partial charge in [0.15, 0.2) is 0 Å². The number of halogens is 2. The Morgan fingerprint density at radius 3 is 2.76 bits per heavy atom. The van der Waals surface area contributed by atoms with Crippen molar-refractivity contribution in [1.29, 1.82) is 0 Å². The van der Waals surface area contributed by atoms with Gasteiger partial charge in [-0.25, -0.2) is 8.78 Å². The Morgan fingerprint density at radius 1 is 1.29 bits per heavy atom. The maximum Gasteiger partial charge on any atom is 0.127 e. The van der Waals surface area contributed by atoms with Gasteiger partial charge in [0.05, 0.1) is 11.7 Å². The summed E-state index contributed by atoms with van der Waals surface area (Å²) in [6, 6.07) is 3.56. The first-order valence-electron chi connectivity index (χ1n) is 7.57. The molecule has 0 saturated carbocycles. The van der Waals surface area contributed by atoms with Crippen LogP contribution in [0.4, 0.5) is 8.78 Å². The molecule has 0 aromatic heterocycles. The first-order chi connectivity index (χ1) is 10.1. The lowest BCUT2D eigenvalue weighted by Gasteiger charge is -2.46. The zero-order valence-corrected chi connectivity index (χ0v) is 12.0. The minimum absolute atomic E-state index is 0.370. The third-order valence-electron chi connectivity index (χ3n) is 4.72. The first-order valence-corrected chi connectivity index (χ1v) is 7.57. The number of hydrogen-bond acceptors (Lipinski definition) is 3. The Morgan fingerprint density at radius 2 is 2.05 bits per heavy atom. The highest BCUT2D eigenvalue weighted by Crippen LogP contribution is 2.35. The van der Waals surface area contributed by atoms with Crippen LogP contribution in [0, 0.1) is 11.6 Å². The fourth-order valence-corrected chi connectivity index (χ4v) is 3.38. The number of benzene rings is 1. The summed E-state index contributed by atoms with van der Waals surface area (Å²) < 4.78 is 32.7. The van der Waals surface area contributed by atoms with Crippen molar-refractivity contribution in [1.82, 2.24) is 4.90 Å². The molecule has 3 rings (SSSR count). The monoisotopic (exact) mass is 297 g/mol. The van der Waals surface area contributed by atoms with Gasteiger partial charge in [0.25, 0.3) is 0 Å². The van der Waals surface area contributed by atoms with Gasteiger partial charge in [-0.15, -0.1) is 0 Å². The van der Waals surface area contributed by atoms with E-state index in [1.54, 1.807) is 0 Å². The van der Waals surface area contributed by atoms with Gasteiger partial charge >= 0.3 is 0 Å². The summed E-state index contributed by atoms with van der Waals surface area (Å²) in [7, 11) is 0. The summed E-state index contributed by atoms with van der Waals surface area (Å²) in [6.07, 6.45) is 2.77. The van der Waals surface area contributed by atoms with Crippen LogP contribution in [0.1, 0.15) is 31.2 Å². The zero-order chi connectivity index (χ0) is 14.9. The van der Waals surface area contributed by atoms with Gasteiger partial charge in [0, 0.05) is 31.8 Å². The van der Waals surface area contributed by atoms with Crippen LogP contribution in [-0.4, -0.2) is 41.4 Å². The molecule has 5 heteroatoms. The summed E-state index contributed by atoms with van der Waals surface area (Å²) in [4.78, 5) is 2.09. The van der Waals surface area contributed by atoms with Gasteiger partial charge in [0.1, 0.15) is 11.6 Å². The van der Waals surface area contributed by atoms with Crippen molar-refractivity contribution >= 4 is 0 Å². The SMILES string of the molecule is O[C@H]1CCCOC12CCN(Cc1cc(F)ccc1F)CC2. The van der Waals surface area contributed by atoms with E-state index in [1.165, 1.54) is 12.1 Å². The van der Waals surface area contributed by atoms with Crippen molar-refractivity contribution in [2.24, 2.45) is 0 Å². The zero-order valence-electron chi connectivity index (χ0n) is 12.0. The van der Waals surface area contributed by atoms with Crippen LogP contribution in [0.25, 0.3) is 0 Å². The van der Waals surface area contributed by atoms with Crippen LogP contribution < -0.4 is 0 Å². The lowest BCUT2D eigenvalue weighted by molar-refractivity contribution is -0.177. The molecule has 2 fully saturated rings. The fourth-order valence-electron chi connectivity index (χ4n) is 3.38. The van der Waals surface area contributed by atoms with Crippen LogP contribution in [-0.2, 0) is 11.3 Å². The molecule has 2 aliphatic rings. The second-order valence-corrected chi connectivity index (χ2v) is 6.08. The van der Waals surface area contributed by atoms with Gasteiger partial charge < -0.3 is 9.84 Å². The maximum absolute atomic E-state index is 13.7. The van der Waals surface area contributed by atoms with Crippen molar-refractivity contribution in [2.45, 2.75) is 43.9 Å². The number of ether oxygens (including phenoxy) is 1. The van der Waals surface area contributed by atoms with E-state index in [0.717, 1.165) is 44.8 Å². The lowest BCUT2D eigenvalue weighted by Crippen LogP contribution is -2.55. The normalized spacial score (nSPS) is 26.1. The van der Waals surface area contributed by atoms with Gasteiger partial charge in [-0.2, -0.15) is 0 Å². The Kier molecular flexibility index (Phi) is 4.24. The number of aliphatic hydroxyl groups excluding tert-OH is 1. The highest BCUT2D eigenvalue weighted by atomic mass is 19.1. The quantitative estimate of drug-likeness (QED) is 0.910. The summed E-state index contributed by atoms with van der Waals surface area (Å²) in [5, 5.41) is 10.2. The maximum atomic E-state index is 13.7. The molecule has 2 heterocycles. The van der Waals surface area contributed by atoms with Gasteiger partial charge in [-0.1, -0.05) is 0 Å². The van der Waals surface area contributed by atoms with Gasteiger partial charge in [-0.05, 0) is 43.9 Å². The summed E-state index contributed by atoms with van der Waals surface area (Å²) in [6.45, 7) is 2.56. The van der Waals surface area contributed by atoms with E-state index in [0.29, 0.717) is 18.7 Å². The Hall–Kier alpha value is -1.04. The molecule has 1 spiro atoms. The molecule has 1 aromatic rings. The fraction of sp³-hybridized carbons (Fsp3) is 0.625. The van der Waals surface area contributed by atoms with Crippen molar-refractivity contribution in [3.63, 3.8) is 0 Å². The van der Waals surface area contributed by atoms with Crippen LogP contribution in [0.3, 0.4) is 0 Å². The van der Waals surface area contributed by atoms with Crippen LogP contribution >= 0.6 is 0 Å². The molecule has 1 N–H and O–H groups in total. The molecule has 0 amide bonds. The molecule has 0 bridgehead atoms. The van der Waals surface area contributed by atoms with Crippen molar-refractivity contribution in [3.8, 4) is 0 Å². The second kappa shape index (κ2) is 5.99. The highest BCUT2D eigenvalue weighted by Gasteiger charge is 2.43. The summed E-state index contributed by atoms with van der Waals surface area (Å²) in [5.74, 6) is -0.781. The number of nitrogens with zero attached hydrogens (tertiary/aromatic N) is 1.